The van der Waals surface area contributed by atoms with Crippen molar-refractivity contribution in [3.63, 3.8) is 0 Å². The molecule has 0 spiro atoms. The molecule has 0 aliphatic heterocycles. The Bertz CT molecular complexity index is 1400. The van der Waals surface area contributed by atoms with Crippen LogP contribution in [-0.4, -0.2) is 30.0 Å². The highest BCUT2D eigenvalue weighted by Crippen LogP contribution is 2.49. The van der Waals surface area contributed by atoms with E-state index in [9.17, 15) is 44.7 Å². The van der Waals surface area contributed by atoms with Crippen LogP contribution < -0.4 is 4.74 Å². The molecule has 3 aromatic rings. The molecule has 2 aromatic carbocycles. The molecular weight excluding hydrogens is 516 g/mol. The smallest absolute Gasteiger partial charge is 0.411 e. The minimum atomic E-state index is -6.25. The quantitative estimate of drug-likeness (QED) is 0.0690. The highest BCUT2D eigenvalue weighted by atomic mass is 19.3. The van der Waals surface area contributed by atoms with Gasteiger partial charge in [-0.25, -0.2) is 9.18 Å². The number of para-hydroxylation sites is 1. The lowest BCUT2D eigenvalue weighted by molar-refractivity contribution is -0.304. The Morgan fingerprint density at radius 2 is 1.70 bits per heavy atom. The van der Waals surface area contributed by atoms with Gasteiger partial charge in [0.15, 0.2) is 17.1 Å². The summed E-state index contributed by atoms with van der Waals surface area (Å²) in [4.78, 5) is 22.4. The van der Waals surface area contributed by atoms with Crippen LogP contribution in [0.2, 0.25) is 0 Å². The molecule has 0 radical (unpaired) electrons. The van der Waals surface area contributed by atoms with Crippen molar-refractivity contribution in [3.05, 3.63) is 41.5 Å². The van der Waals surface area contributed by atoms with Crippen molar-refractivity contribution in [2.24, 2.45) is 0 Å². The molecule has 0 bridgehead atoms. The van der Waals surface area contributed by atoms with Crippen LogP contribution in [0, 0.1) is 23.5 Å². The summed E-state index contributed by atoms with van der Waals surface area (Å²) >= 11 is 0. The van der Waals surface area contributed by atoms with Gasteiger partial charge in [-0.2, -0.15) is 30.7 Å². The number of carbonyl (C=O) groups is 2. The molecule has 0 atom stereocenters. The van der Waals surface area contributed by atoms with Crippen LogP contribution in [0.15, 0.2) is 28.7 Å². The van der Waals surface area contributed by atoms with Crippen molar-refractivity contribution in [1.29, 1.82) is 0 Å². The molecule has 0 N–H and O–H groups in total. The molecule has 0 saturated carbocycles. The van der Waals surface area contributed by atoms with E-state index in [1.165, 1.54) is 31.2 Å². The summed E-state index contributed by atoms with van der Waals surface area (Å²) in [5, 5.41) is -0.657. The Kier molecular flexibility index (Phi) is 7.86. The van der Waals surface area contributed by atoms with Gasteiger partial charge in [0.25, 0.3) is 0 Å². The van der Waals surface area contributed by atoms with E-state index in [1.807, 2.05) is 0 Å². The molecule has 1 aromatic heterocycles. The average molecular weight is 534 g/mol. The standard InChI is InChI=1S/C25H18F8O4/c1-2-9-15-18(26)19(27)21(17-14-10-5-6-11-16(14)36-20(15)17)37-22(35)24(30,31)25(32,33)23(28,29)12-7-3-4-8-13-34/h5-6,10-11,13H,3-4,7-8,12H2,1H3. The number of rotatable bonds is 10. The topological polar surface area (TPSA) is 56.5 Å². The normalized spacial score (nSPS) is 12.5. The van der Waals surface area contributed by atoms with Gasteiger partial charge in [0.2, 0.25) is 5.82 Å². The molecule has 0 unspecified atom stereocenters. The van der Waals surface area contributed by atoms with Crippen LogP contribution in [0.5, 0.6) is 5.75 Å². The summed E-state index contributed by atoms with van der Waals surface area (Å²) in [6, 6.07) is 5.40. The summed E-state index contributed by atoms with van der Waals surface area (Å²) < 4.78 is 125. The number of carbonyl (C=O) groups excluding carboxylic acids is 2. The minimum absolute atomic E-state index is 0.0354. The summed E-state index contributed by atoms with van der Waals surface area (Å²) in [5.74, 6) is -21.8. The second kappa shape index (κ2) is 10.4. The average Bonchev–Trinajstić information content (AvgIpc) is 3.23. The third-order valence-corrected chi connectivity index (χ3v) is 5.53. The fraction of sp³-hybridized carbons (Fsp3) is 0.360. The third kappa shape index (κ3) is 4.86. The number of benzene rings is 2. The number of furan rings is 1. The lowest BCUT2D eigenvalue weighted by Crippen LogP contribution is -2.59. The maximum atomic E-state index is 14.9. The van der Waals surface area contributed by atoms with Gasteiger partial charge in [-0.3, -0.25) is 0 Å². The molecule has 0 aliphatic carbocycles. The van der Waals surface area contributed by atoms with E-state index in [-0.39, 0.29) is 30.2 Å². The van der Waals surface area contributed by atoms with Crippen molar-refractivity contribution < 1.29 is 53.9 Å². The monoisotopic (exact) mass is 534 g/mol. The SMILES string of the molecule is CC#Cc1c(F)c(F)c(OC(=O)C(F)(F)C(F)(F)C(F)(F)CCCCCC=O)c2c1oc1ccccc12. The first-order valence-electron chi connectivity index (χ1n) is 10.9. The number of hydrogen-bond acceptors (Lipinski definition) is 4. The number of ether oxygens (including phenoxy) is 1. The number of alkyl halides is 6. The van der Waals surface area contributed by atoms with E-state index in [0.717, 1.165) is 0 Å². The van der Waals surface area contributed by atoms with Crippen LogP contribution in [-0.2, 0) is 9.59 Å². The Balaban J connectivity index is 2.04. The number of fused-ring (bicyclic) bond motifs is 3. The predicted molar refractivity (Wildman–Crippen MR) is 116 cm³/mol. The molecular formula is C25H18F8O4. The van der Waals surface area contributed by atoms with Crippen LogP contribution in [0.3, 0.4) is 0 Å². The molecule has 4 nitrogen and oxygen atoms in total. The fourth-order valence-corrected chi connectivity index (χ4v) is 3.62. The second-order valence-electron chi connectivity index (χ2n) is 8.02. The summed E-state index contributed by atoms with van der Waals surface area (Å²) in [5.41, 5.74) is -1.24. The largest absolute Gasteiger partial charge is 0.454 e. The molecule has 0 amide bonds. The molecule has 3 rings (SSSR count). The van der Waals surface area contributed by atoms with E-state index in [1.54, 1.807) is 0 Å². The van der Waals surface area contributed by atoms with Crippen molar-refractivity contribution in [2.75, 3.05) is 0 Å². The van der Waals surface area contributed by atoms with Crippen LogP contribution in [0.1, 0.15) is 44.6 Å². The number of hydrogen-bond donors (Lipinski definition) is 0. The number of aldehydes is 1. The van der Waals surface area contributed by atoms with Gasteiger partial charge in [-0.15, -0.1) is 5.92 Å². The zero-order chi connectivity index (χ0) is 27.6. The Hall–Kier alpha value is -3.62. The van der Waals surface area contributed by atoms with Gasteiger partial charge < -0.3 is 13.9 Å². The predicted octanol–water partition coefficient (Wildman–Crippen LogP) is 7.20. The summed E-state index contributed by atoms with van der Waals surface area (Å²) in [6.07, 6.45) is -2.01. The highest BCUT2D eigenvalue weighted by Gasteiger charge is 2.75. The number of unbranched alkanes of at least 4 members (excludes halogenated alkanes) is 3. The third-order valence-electron chi connectivity index (χ3n) is 5.53. The minimum Gasteiger partial charge on any atom is -0.454 e. The molecule has 0 aliphatic rings. The lowest BCUT2D eigenvalue weighted by Gasteiger charge is -2.31. The molecule has 0 fully saturated rings. The molecule has 1 heterocycles. The Morgan fingerprint density at radius 3 is 2.35 bits per heavy atom. The zero-order valence-corrected chi connectivity index (χ0v) is 19.1. The maximum absolute atomic E-state index is 14.9. The van der Waals surface area contributed by atoms with Crippen molar-refractivity contribution in [3.8, 4) is 17.6 Å². The number of halogens is 8. The van der Waals surface area contributed by atoms with Crippen LogP contribution >= 0.6 is 0 Å². The van der Waals surface area contributed by atoms with Crippen LogP contribution in [0.25, 0.3) is 21.9 Å². The van der Waals surface area contributed by atoms with Gasteiger partial charge in [0.05, 0.1) is 5.39 Å². The number of esters is 1. The van der Waals surface area contributed by atoms with E-state index in [0.29, 0.717) is 6.29 Å². The van der Waals surface area contributed by atoms with E-state index in [2.05, 4.69) is 16.6 Å². The lowest BCUT2D eigenvalue weighted by atomic mass is 9.98. The van der Waals surface area contributed by atoms with Crippen molar-refractivity contribution in [2.45, 2.75) is 56.8 Å². The first-order valence-corrected chi connectivity index (χ1v) is 10.9. The van der Waals surface area contributed by atoms with Crippen molar-refractivity contribution in [1.82, 2.24) is 0 Å². The molecule has 12 heteroatoms. The first kappa shape index (κ1) is 28.0. The van der Waals surface area contributed by atoms with Gasteiger partial charge in [0.1, 0.15) is 17.4 Å². The molecule has 37 heavy (non-hydrogen) atoms. The van der Waals surface area contributed by atoms with Crippen LogP contribution in [0.4, 0.5) is 35.1 Å². The van der Waals surface area contributed by atoms with Gasteiger partial charge >= 0.3 is 23.7 Å². The van der Waals surface area contributed by atoms with Gasteiger partial charge in [-0.1, -0.05) is 30.5 Å². The summed E-state index contributed by atoms with van der Waals surface area (Å²) in [6.45, 7) is 1.27. The highest BCUT2D eigenvalue weighted by molar-refractivity contribution is 6.10. The van der Waals surface area contributed by atoms with E-state index < -0.39 is 70.5 Å². The van der Waals surface area contributed by atoms with E-state index in [4.69, 9.17) is 4.42 Å². The fourth-order valence-electron chi connectivity index (χ4n) is 3.62. The maximum Gasteiger partial charge on any atom is 0.411 e. The Labute approximate surface area is 204 Å². The van der Waals surface area contributed by atoms with E-state index >= 15 is 0 Å². The van der Waals surface area contributed by atoms with Crippen molar-refractivity contribution >= 4 is 34.2 Å². The van der Waals surface area contributed by atoms with Gasteiger partial charge in [0, 0.05) is 18.2 Å². The Morgan fingerprint density at radius 1 is 1.03 bits per heavy atom. The summed E-state index contributed by atoms with van der Waals surface area (Å²) in [7, 11) is 0. The zero-order valence-electron chi connectivity index (χ0n) is 19.1. The first-order chi connectivity index (χ1) is 17.3. The molecule has 198 valence electrons. The molecule has 0 saturated heterocycles. The second-order valence-corrected chi connectivity index (χ2v) is 8.02. The van der Waals surface area contributed by atoms with Gasteiger partial charge in [-0.05, 0) is 25.8 Å².